The van der Waals surface area contributed by atoms with Gasteiger partial charge in [-0.3, -0.25) is 0 Å². The Hall–Kier alpha value is -0.120. The Balaban J connectivity index is 0. The van der Waals surface area contributed by atoms with Gasteiger partial charge in [-0.1, -0.05) is 0 Å². The van der Waals surface area contributed by atoms with Crippen LogP contribution in [0.3, 0.4) is 0 Å². The van der Waals surface area contributed by atoms with Crippen LogP contribution in [0.5, 0.6) is 0 Å². The van der Waals surface area contributed by atoms with Crippen LogP contribution in [0.1, 0.15) is 13.8 Å². The third-order valence-electron chi connectivity index (χ3n) is 0.563. The van der Waals surface area contributed by atoms with Crippen LogP contribution < -0.4 is 0 Å². The van der Waals surface area contributed by atoms with Gasteiger partial charge in [-0.2, -0.15) is 0 Å². The first-order valence-corrected chi connectivity index (χ1v) is 3.34. The quantitative estimate of drug-likeness (QED) is 0.642. The second-order valence-corrected chi connectivity index (χ2v) is 1.92. The van der Waals surface area contributed by atoms with E-state index < -0.39 is 0 Å². The molecule has 0 rings (SSSR count). The molecule has 0 amide bonds. The number of hydrogen-bond donors (Lipinski definition) is 1. The van der Waals surface area contributed by atoms with Crippen molar-refractivity contribution in [1.29, 1.82) is 0 Å². The number of methoxy groups -OCH3 is 1. The van der Waals surface area contributed by atoms with Crippen molar-refractivity contribution < 1.29 is 14.6 Å². The molecule has 1 unspecified atom stereocenters. The summed E-state index contributed by atoms with van der Waals surface area (Å²) in [6.07, 6.45) is -0.319. The number of aliphatic hydroxyl groups excluding tert-OH is 1. The maximum Gasteiger partial charge on any atom is 0.0745 e. The molecule has 0 aromatic heterocycles. The Labute approximate surface area is 63.0 Å². The van der Waals surface area contributed by atoms with Crippen molar-refractivity contribution in [2.45, 2.75) is 20.0 Å². The zero-order valence-corrected chi connectivity index (χ0v) is 7.26. The van der Waals surface area contributed by atoms with Crippen molar-refractivity contribution in [2.24, 2.45) is 0 Å². The summed E-state index contributed by atoms with van der Waals surface area (Å²) in [6.45, 7) is 4.75. The monoisotopic (exact) mass is 150 g/mol. The topological polar surface area (TPSA) is 38.7 Å². The Morgan fingerprint density at radius 1 is 1.40 bits per heavy atom. The second kappa shape index (κ2) is 11.6. The van der Waals surface area contributed by atoms with E-state index in [-0.39, 0.29) is 6.10 Å². The molecular formula is C7H18O3. The van der Waals surface area contributed by atoms with E-state index in [4.69, 9.17) is 9.84 Å². The highest BCUT2D eigenvalue weighted by molar-refractivity contribution is 4.38. The number of rotatable bonds is 3. The number of aliphatic hydroxyl groups is 1. The zero-order chi connectivity index (χ0) is 8.41. The van der Waals surface area contributed by atoms with E-state index in [2.05, 4.69) is 4.74 Å². The predicted molar refractivity (Wildman–Crippen MR) is 41.1 cm³/mol. The summed E-state index contributed by atoms with van der Waals surface area (Å²) in [6, 6.07) is 0. The van der Waals surface area contributed by atoms with Crippen LogP contribution in [0.4, 0.5) is 0 Å². The van der Waals surface area contributed by atoms with Gasteiger partial charge in [-0.05, 0) is 13.8 Å². The van der Waals surface area contributed by atoms with Gasteiger partial charge in [0.25, 0.3) is 0 Å². The van der Waals surface area contributed by atoms with E-state index in [1.54, 1.807) is 21.1 Å². The van der Waals surface area contributed by atoms with Crippen LogP contribution in [0.15, 0.2) is 0 Å². The third-order valence-corrected chi connectivity index (χ3v) is 0.563. The van der Waals surface area contributed by atoms with Crippen molar-refractivity contribution in [1.82, 2.24) is 0 Å². The summed E-state index contributed by atoms with van der Waals surface area (Å²) >= 11 is 0. The third kappa shape index (κ3) is 24.8. The molecule has 3 heteroatoms. The molecule has 0 radical (unpaired) electrons. The lowest BCUT2D eigenvalue weighted by Gasteiger charge is -2.00. The molecule has 0 aliphatic rings. The minimum atomic E-state index is -0.319. The Morgan fingerprint density at radius 3 is 1.90 bits per heavy atom. The van der Waals surface area contributed by atoms with Gasteiger partial charge in [0.2, 0.25) is 0 Å². The van der Waals surface area contributed by atoms with Gasteiger partial charge in [0.15, 0.2) is 0 Å². The molecule has 0 aliphatic heterocycles. The van der Waals surface area contributed by atoms with E-state index in [0.717, 1.165) is 0 Å². The van der Waals surface area contributed by atoms with Crippen LogP contribution in [0.25, 0.3) is 0 Å². The van der Waals surface area contributed by atoms with Crippen molar-refractivity contribution in [3.63, 3.8) is 0 Å². The lowest BCUT2D eigenvalue weighted by Crippen LogP contribution is -2.09. The summed E-state index contributed by atoms with van der Waals surface area (Å²) in [5, 5.41) is 8.56. The molecule has 0 saturated heterocycles. The fraction of sp³-hybridized carbons (Fsp3) is 1.00. The lowest BCUT2D eigenvalue weighted by molar-refractivity contribution is 0.0527. The largest absolute Gasteiger partial charge is 0.391 e. The molecule has 0 bridgehead atoms. The molecule has 0 aromatic rings. The van der Waals surface area contributed by atoms with E-state index in [1.807, 2.05) is 6.92 Å². The molecule has 10 heavy (non-hydrogen) atoms. The minimum Gasteiger partial charge on any atom is -0.391 e. The normalized spacial score (nSPS) is 11.7. The number of ether oxygens (including phenoxy) is 2. The maximum atomic E-state index is 8.56. The fourth-order valence-electron chi connectivity index (χ4n) is 0.288. The van der Waals surface area contributed by atoms with Crippen molar-refractivity contribution in [3.8, 4) is 0 Å². The Kier molecular flexibility index (Phi) is 14.6. The molecule has 0 heterocycles. The van der Waals surface area contributed by atoms with Crippen LogP contribution in [0.2, 0.25) is 0 Å². The molecule has 64 valence electrons. The minimum absolute atomic E-state index is 0.319. The van der Waals surface area contributed by atoms with Gasteiger partial charge in [0.1, 0.15) is 0 Å². The van der Waals surface area contributed by atoms with Crippen LogP contribution >= 0.6 is 0 Å². The van der Waals surface area contributed by atoms with Gasteiger partial charge < -0.3 is 14.6 Å². The average Bonchev–Trinajstić information content (AvgIpc) is 1.85. The first kappa shape index (κ1) is 12.5. The highest BCUT2D eigenvalue weighted by Gasteiger charge is 1.89. The summed E-state index contributed by atoms with van der Waals surface area (Å²) in [4.78, 5) is 0. The first-order valence-electron chi connectivity index (χ1n) is 3.34. The zero-order valence-electron chi connectivity index (χ0n) is 7.26. The van der Waals surface area contributed by atoms with E-state index in [0.29, 0.717) is 13.2 Å². The molecule has 0 fully saturated rings. The highest BCUT2D eigenvalue weighted by atomic mass is 16.5. The average molecular weight is 150 g/mol. The lowest BCUT2D eigenvalue weighted by atomic mass is 10.4. The van der Waals surface area contributed by atoms with Gasteiger partial charge in [0, 0.05) is 20.8 Å². The summed E-state index contributed by atoms with van der Waals surface area (Å²) in [7, 11) is 3.25. The van der Waals surface area contributed by atoms with Gasteiger partial charge in [-0.15, -0.1) is 0 Å². The molecule has 1 atom stereocenters. The number of hydrogen-bond acceptors (Lipinski definition) is 3. The molecule has 0 saturated carbocycles. The molecule has 0 aromatic carbocycles. The van der Waals surface area contributed by atoms with Crippen LogP contribution in [-0.4, -0.2) is 38.6 Å². The van der Waals surface area contributed by atoms with Gasteiger partial charge >= 0.3 is 0 Å². The van der Waals surface area contributed by atoms with E-state index in [9.17, 15) is 0 Å². The van der Waals surface area contributed by atoms with Gasteiger partial charge in [-0.25, -0.2) is 0 Å². The molecule has 1 N–H and O–H groups in total. The Bertz CT molecular complexity index is 46.1. The van der Waals surface area contributed by atoms with Crippen LogP contribution in [0, 0.1) is 0 Å². The second-order valence-electron chi connectivity index (χ2n) is 1.92. The molecule has 0 aliphatic carbocycles. The van der Waals surface area contributed by atoms with E-state index in [1.165, 1.54) is 0 Å². The predicted octanol–water partition coefficient (Wildman–Crippen LogP) is 0.666. The van der Waals surface area contributed by atoms with Crippen molar-refractivity contribution >= 4 is 0 Å². The summed E-state index contributed by atoms with van der Waals surface area (Å²) in [5.41, 5.74) is 0. The molecule has 3 nitrogen and oxygen atoms in total. The molecule has 0 spiro atoms. The smallest absolute Gasteiger partial charge is 0.0745 e. The fourth-order valence-corrected chi connectivity index (χ4v) is 0.288. The first-order chi connectivity index (χ1) is 4.68. The highest BCUT2D eigenvalue weighted by Crippen LogP contribution is 1.79. The summed E-state index contributed by atoms with van der Waals surface area (Å²) < 4.78 is 9.09. The SMILES string of the molecule is CCOCC(C)O.COC. The standard InChI is InChI=1S/C5H12O2.C2H6O/c1-3-7-4-5(2)6;1-3-2/h5-6H,3-4H2,1-2H3;1-2H3. The molecular weight excluding hydrogens is 132 g/mol. The van der Waals surface area contributed by atoms with Crippen molar-refractivity contribution in [2.75, 3.05) is 27.4 Å². The maximum absolute atomic E-state index is 8.56. The van der Waals surface area contributed by atoms with Crippen molar-refractivity contribution in [3.05, 3.63) is 0 Å². The van der Waals surface area contributed by atoms with Crippen LogP contribution in [-0.2, 0) is 9.47 Å². The Morgan fingerprint density at radius 2 is 1.80 bits per heavy atom. The van der Waals surface area contributed by atoms with E-state index >= 15 is 0 Å². The van der Waals surface area contributed by atoms with Gasteiger partial charge in [0.05, 0.1) is 12.7 Å². The summed E-state index contributed by atoms with van der Waals surface area (Å²) in [5.74, 6) is 0.